The van der Waals surface area contributed by atoms with Gasteiger partial charge in [-0.1, -0.05) is 43.2 Å². The van der Waals surface area contributed by atoms with Crippen molar-refractivity contribution >= 4 is 27.9 Å². The zero-order valence-electron chi connectivity index (χ0n) is 14.0. The third kappa shape index (κ3) is 3.83. The van der Waals surface area contributed by atoms with Crippen LogP contribution in [0.15, 0.2) is 52.6 Å². The molecule has 3 rings (SSSR count). The molecule has 1 aliphatic carbocycles. The normalized spacial score (nSPS) is 16.1. The van der Waals surface area contributed by atoms with Crippen LogP contribution in [0.4, 0.5) is 4.39 Å². The summed E-state index contributed by atoms with van der Waals surface area (Å²) in [6.45, 7) is 0. The maximum absolute atomic E-state index is 14.0. The highest BCUT2D eigenvalue weighted by molar-refractivity contribution is 9.10. The van der Waals surface area contributed by atoms with Crippen molar-refractivity contribution in [2.24, 2.45) is 0 Å². The minimum atomic E-state index is -0.599. The number of pyridine rings is 1. The summed E-state index contributed by atoms with van der Waals surface area (Å²) >= 11 is 3.13. The Morgan fingerprint density at radius 3 is 2.62 bits per heavy atom. The lowest BCUT2D eigenvalue weighted by Crippen LogP contribution is -2.44. The van der Waals surface area contributed by atoms with Gasteiger partial charge in [0, 0.05) is 10.7 Å². The van der Waals surface area contributed by atoms with Crippen molar-refractivity contribution in [2.45, 2.75) is 31.2 Å². The highest BCUT2D eigenvalue weighted by Gasteiger charge is 2.37. The van der Waals surface area contributed by atoms with Crippen LogP contribution in [0.5, 0.6) is 0 Å². The SMILES string of the molecule is N#CC(=Cc1ncc(Br)cc1F)C(=O)NC1(c2ccccc2)CCCC1. The molecule has 132 valence electrons. The average molecular weight is 414 g/mol. The van der Waals surface area contributed by atoms with E-state index in [1.54, 1.807) is 0 Å². The topological polar surface area (TPSA) is 65.8 Å². The molecule has 1 N–H and O–H groups in total. The predicted octanol–water partition coefficient (Wildman–Crippen LogP) is 4.48. The average Bonchev–Trinajstić information content (AvgIpc) is 3.11. The summed E-state index contributed by atoms with van der Waals surface area (Å²) in [5.41, 5.74) is 0.331. The highest BCUT2D eigenvalue weighted by Crippen LogP contribution is 2.38. The van der Waals surface area contributed by atoms with Gasteiger partial charge in [0.25, 0.3) is 5.91 Å². The maximum Gasteiger partial charge on any atom is 0.262 e. The number of nitrogens with zero attached hydrogens (tertiary/aromatic N) is 2. The Balaban J connectivity index is 1.89. The Labute approximate surface area is 159 Å². The molecular weight excluding hydrogens is 397 g/mol. The monoisotopic (exact) mass is 413 g/mol. The van der Waals surface area contributed by atoms with Crippen LogP contribution in [-0.4, -0.2) is 10.9 Å². The quantitative estimate of drug-likeness (QED) is 0.593. The number of hydrogen-bond acceptors (Lipinski definition) is 3. The summed E-state index contributed by atoms with van der Waals surface area (Å²) in [6.07, 6.45) is 6.24. The first-order chi connectivity index (χ1) is 12.5. The van der Waals surface area contributed by atoms with Crippen LogP contribution >= 0.6 is 15.9 Å². The second kappa shape index (κ2) is 7.79. The standard InChI is InChI=1S/C20H17BrFN3O/c21-16-11-17(22)18(24-13-16)10-14(12-23)19(26)25-20(8-4-5-9-20)15-6-2-1-3-7-15/h1-3,6-7,10-11,13H,4-5,8-9H2,(H,25,26). The van der Waals surface area contributed by atoms with Gasteiger partial charge < -0.3 is 5.32 Å². The molecule has 4 nitrogen and oxygen atoms in total. The van der Waals surface area contributed by atoms with Crippen LogP contribution in [0.1, 0.15) is 36.9 Å². The molecule has 0 spiro atoms. The van der Waals surface area contributed by atoms with Crippen molar-refractivity contribution in [3.8, 4) is 6.07 Å². The number of amides is 1. The first kappa shape index (κ1) is 18.3. The van der Waals surface area contributed by atoms with Crippen LogP contribution in [0.3, 0.4) is 0 Å². The van der Waals surface area contributed by atoms with Crippen LogP contribution in [0.25, 0.3) is 6.08 Å². The number of benzene rings is 1. The molecular formula is C20H17BrFN3O. The second-order valence-electron chi connectivity index (χ2n) is 6.30. The molecule has 26 heavy (non-hydrogen) atoms. The van der Waals surface area contributed by atoms with Gasteiger partial charge in [0.1, 0.15) is 23.2 Å². The maximum atomic E-state index is 14.0. The summed E-state index contributed by atoms with van der Waals surface area (Å²) in [5, 5.41) is 12.4. The highest BCUT2D eigenvalue weighted by atomic mass is 79.9. The van der Waals surface area contributed by atoms with Gasteiger partial charge in [-0.25, -0.2) is 4.39 Å². The summed E-state index contributed by atoms with van der Waals surface area (Å²) in [6, 6.07) is 12.9. The molecule has 1 amide bonds. The van der Waals surface area contributed by atoms with Crippen molar-refractivity contribution in [3.63, 3.8) is 0 Å². The zero-order valence-corrected chi connectivity index (χ0v) is 15.6. The molecule has 0 atom stereocenters. The van der Waals surface area contributed by atoms with E-state index in [4.69, 9.17) is 0 Å². The molecule has 1 fully saturated rings. The lowest BCUT2D eigenvalue weighted by molar-refractivity contribution is -0.119. The number of carbonyl (C=O) groups excluding carboxylic acids is 1. The Kier molecular flexibility index (Phi) is 5.48. The van der Waals surface area contributed by atoms with Gasteiger partial charge in [-0.3, -0.25) is 9.78 Å². The molecule has 1 aliphatic rings. The summed E-state index contributed by atoms with van der Waals surface area (Å²) < 4.78 is 14.5. The second-order valence-corrected chi connectivity index (χ2v) is 7.22. The minimum absolute atomic E-state index is 0.0416. The van der Waals surface area contributed by atoms with E-state index < -0.39 is 17.3 Å². The van der Waals surface area contributed by atoms with Crippen LogP contribution < -0.4 is 5.32 Å². The summed E-state index contributed by atoms with van der Waals surface area (Å²) in [5.74, 6) is -1.11. The van der Waals surface area contributed by atoms with Crippen LogP contribution in [0.2, 0.25) is 0 Å². The molecule has 1 heterocycles. The minimum Gasteiger partial charge on any atom is -0.342 e. The van der Waals surface area contributed by atoms with Crippen molar-refractivity contribution in [1.82, 2.24) is 10.3 Å². The third-order valence-corrected chi connectivity index (χ3v) is 5.05. The zero-order chi connectivity index (χ0) is 18.6. The number of nitrogens with one attached hydrogen (secondary N) is 1. The lowest BCUT2D eigenvalue weighted by atomic mass is 9.88. The fraction of sp³-hybridized carbons (Fsp3) is 0.250. The Morgan fingerprint density at radius 1 is 1.31 bits per heavy atom. The number of carbonyl (C=O) groups is 1. The number of hydrogen-bond donors (Lipinski definition) is 1. The molecule has 0 saturated heterocycles. The van der Waals surface area contributed by atoms with Gasteiger partial charge in [-0.15, -0.1) is 0 Å². The van der Waals surface area contributed by atoms with E-state index in [1.165, 1.54) is 18.3 Å². The molecule has 1 aromatic heterocycles. The van der Waals surface area contributed by atoms with Gasteiger partial charge in [-0.2, -0.15) is 5.26 Å². The van der Waals surface area contributed by atoms with Crippen molar-refractivity contribution < 1.29 is 9.18 Å². The molecule has 2 aromatic rings. The third-order valence-electron chi connectivity index (χ3n) is 4.62. The fourth-order valence-corrected chi connectivity index (χ4v) is 3.63. The van der Waals surface area contributed by atoms with Crippen molar-refractivity contribution in [2.75, 3.05) is 0 Å². The molecule has 1 aromatic carbocycles. The van der Waals surface area contributed by atoms with Crippen LogP contribution in [-0.2, 0) is 10.3 Å². The largest absolute Gasteiger partial charge is 0.342 e. The molecule has 0 unspecified atom stereocenters. The van der Waals surface area contributed by atoms with E-state index in [1.807, 2.05) is 36.4 Å². The van der Waals surface area contributed by atoms with Crippen LogP contribution in [0, 0.1) is 17.1 Å². The van der Waals surface area contributed by atoms with Crippen molar-refractivity contribution in [1.29, 1.82) is 5.26 Å². The van der Waals surface area contributed by atoms with E-state index in [0.717, 1.165) is 31.2 Å². The Morgan fingerprint density at radius 2 is 2.00 bits per heavy atom. The molecule has 6 heteroatoms. The van der Waals surface area contributed by atoms with E-state index in [9.17, 15) is 14.4 Å². The van der Waals surface area contributed by atoms with Gasteiger partial charge >= 0.3 is 0 Å². The van der Waals surface area contributed by atoms with E-state index in [0.29, 0.717) is 4.47 Å². The van der Waals surface area contributed by atoms with E-state index in [-0.39, 0.29) is 11.3 Å². The van der Waals surface area contributed by atoms with Gasteiger partial charge in [0.2, 0.25) is 0 Å². The summed E-state index contributed by atoms with van der Waals surface area (Å²) in [4.78, 5) is 16.7. The molecule has 1 saturated carbocycles. The lowest BCUT2D eigenvalue weighted by Gasteiger charge is -2.31. The number of halogens is 2. The predicted molar refractivity (Wildman–Crippen MR) is 100 cm³/mol. The van der Waals surface area contributed by atoms with Gasteiger partial charge in [-0.05, 0) is 46.5 Å². The smallest absolute Gasteiger partial charge is 0.262 e. The number of nitriles is 1. The van der Waals surface area contributed by atoms with Gasteiger partial charge in [0.15, 0.2) is 0 Å². The first-order valence-electron chi connectivity index (χ1n) is 8.35. The molecule has 0 aliphatic heterocycles. The Bertz CT molecular complexity index is 884. The Hall–Kier alpha value is -2.52. The fourth-order valence-electron chi connectivity index (χ4n) is 3.32. The van der Waals surface area contributed by atoms with E-state index >= 15 is 0 Å². The summed E-state index contributed by atoms with van der Waals surface area (Å²) in [7, 11) is 0. The van der Waals surface area contributed by atoms with Gasteiger partial charge in [0.05, 0.1) is 5.54 Å². The van der Waals surface area contributed by atoms with E-state index in [2.05, 4.69) is 26.2 Å². The number of rotatable bonds is 4. The molecule has 0 bridgehead atoms. The van der Waals surface area contributed by atoms with Crippen molar-refractivity contribution in [3.05, 3.63) is 69.7 Å². The molecule has 0 radical (unpaired) electrons. The number of aromatic nitrogens is 1. The first-order valence-corrected chi connectivity index (χ1v) is 9.14.